The lowest BCUT2D eigenvalue weighted by Gasteiger charge is -2.38. The molecule has 0 radical (unpaired) electrons. The van der Waals surface area contributed by atoms with Crippen LogP contribution in [0.25, 0.3) is 0 Å². The first kappa shape index (κ1) is 10.7. The lowest BCUT2D eigenvalue weighted by Crippen LogP contribution is -2.49. The summed E-state index contributed by atoms with van der Waals surface area (Å²) >= 11 is 3.42. The molecule has 2 nitrogen and oxygen atoms in total. The molecular weight excluding hydrogens is 254 g/mol. The van der Waals surface area contributed by atoms with Gasteiger partial charge in [-0.05, 0) is 30.0 Å². The second-order valence-electron chi connectivity index (χ2n) is 4.12. The fourth-order valence-electron chi connectivity index (χ4n) is 1.91. The predicted octanol–water partition coefficient (Wildman–Crippen LogP) is 2.47. The molecule has 0 unspecified atom stereocenters. The fourth-order valence-corrected chi connectivity index (χ4v) is 2.17. The standard InChI is InChI=1S/C12H14BrNO/c1-9(15)14-7-11(8-14)6-10-2-4-12(13)5-3-10/h2-5,11H,6-8H2,1H3. The van der Waals surface area contributed by atoms with E-state index in [-0.39, 0.29) is 5.91 Å². The third kappa shape index (κ3) is 2.59. The summed E-state index contributed by atoms with van der Waals surface area (Å²) < 4.78 is 1.12. The number of benzene rings is 1. The van der Waals surface area contributed by atoms with Gasteiger partial charge >= 0.3 is 0 Å². The average molecular weight is 268 g/mol. The Bertz CT molecular complexity index is 354. The Kier molecular flexibility index (Phi) is 3.10. The molecule has 1 aliphatic rings. The highest BCUT2D eigenvalue weighted by Crippen LogP contribution is 2.21. The zero-order valence-corrected chi connectivity index (χ0v) is 10.3. The van der Waals surface area contributed by atoms with Crippen molar-refractivity contribution in [2.45, 2.75) is 13.3 Å². The van der Waals surface area contributed by atoms with Crippen LogP contribution >= 0.6 is 15.9 Å². The van der Waals surface area contributed by atoms with Gasteiger partial charge in [0.05, 0.1) is 0 Å². The van der Waals surface area contributed by atoms with Gasteiger partial charge in [-0.25, -0.2) is 0 Å². The van der Waals surface area contributed by atoms with Gasteiger partial charge in [0.15, 0.2) is 0 Å². The lowest BCUT2D eigenvalue weighted by molar-refractivity contribution is -0.134. The number of nitrogens with zero attached hydrogens (tertiary/aromatic N) is 1. The lowest BCUT2D eigenvalue weighted by atomic mass is 9.92. The van der Waals surface area contributed by atoms with Crippen molar-refractivity contribution in [3.8, 4) is 0 Å². The SMILES string of the molecule is CC(=O)N1CC(Cc2ccc(Br)cc2)C1. The molecule has 80 valence electrons. The Balaban J connectivity index is 1.85. The van der Waals surface area contributed by atoms with Gasteiger partial charge in [-0.2, -0.15) is 0 Å². The third-order valence-electron chi connectivity index (χ3n) is 2.84. The molecule has 2 rings (SSSR count). The van der Waals surface area contributed by atoms with Crippen LogP contribution in [0.3, 0.4) is 0 Å². The molecule has 0 aromatic heterocycles. The van der Waals surface area contributed by atoms with Crippen molar-refractivity contribution in [3.05, 3.63) is 34.3 Å². The molecule has 1 aromatic rings. The maximum absolute atomic E-state index is 11.0. The van der Waals surface area contributed by atoms with Crippen molar-refractivity contribution < 1.29 is 4.79 Å². The topological polar surface area (TPSA) is 20.3 Å². The molecule has 3 heteroatoms. The van der Waals surface area contributed by atoms with Crippen LogP contribution in [0.5, 0.6) is 0 Å². The van der Waals surface area contributed by atoms with E-state index in [2.05, 4.69) is 40.2 Å². The van der Waals surface area contributed by atoms with Gasteiger partial charge in [-0.3, -0.25) is 4.79 Å². The molecule has 1 heterocycles. The van der Waals surface area contributed by atoms with Crippen LogP contribution < -0.4 is 0 Å². The summed E-state index contributed by atoms with van der Waals surface area (Å²) in [4.78, 5) is 12.9. The summed E-state index contributed by atoms with van der Waals surface area (Å²) in [6.07, 6.45) is 1.08. The number of hydrogen-bond donors (Lipinski definition) is 0. The van der Waals surface area contributed by atoms with Gasteiger partial charge < -0.3 is 4.90 Å². The van der Waals surface area contributed by atoms with Gasteiger partial charge in [0, 0.05) is 24.5 Å². The molecule has 0 bridgehead atoms. The van der Waals surface area contributed by atoms with Crippen molar-refractivity contribution in [2.24, 2.45) is 5.92 Å². The Morgan fingerprint density at radius 2 is 2.00 bits per heavy atom. The maximum Gasteiger partial charge on any atom is 0.219 e. The monoisotopic (exact) mass is 267 g/mol. The molecule has 0 N–H and O–H groups in total. The second-order valence-corrected chi connectivity index (χ2v) is 5.04. The minimum absolute atomic E-state index is 0.196. The number of hydrogen-bond acceptors (Lipinski definition) is 1. The number of carbonyl (C=O) groups is 1. The van der Waals surface area contributed by atoms with Crippen LogP contribution in [0.2, 0.25) is 0 Å². The first-order chi connectivity index (χ1) is 7.15. The molecule has 1 aromatic carbocycles. The molecule has 0 atom stereocenters. The maximum atomic E-state index is 11.0. The van der Waals surface area contributed by atoms with Crippen LogP contribution in [0.1, 0.15) is 12.5 Å². The van der Waals surface area contributed by atoms with E-state index in [4.69, 9.17) is 0 Å². The summed E-state index contributed by atoms with van der Waals surface area (Å²) in [6, 6.07) is 8.41. The van der Waals surface area contributed by atoms with E-state index in [9.17, 15) is 4.79 Å². The second kappa shape index (κ2) is 4.35. The molecule has 0 aliphatic carbocycles. The first-order valence-electron chi connectivity index (χ1n) is 5.15. The van der Waals surface area contributed by atoms with Crippen molar-refractivity contribution in [1.29, 1.82) is 0 Å². The summed E-state index contributed by atoms with van der Waals surface area (Å²) in [5.74, 6) is 0.845. The zero-order valence-electron chi connectivity index (χ0n) is 8.74. The minimum atomic E-state index is 0.196. The summed E-state index contributed by atoms with van der Waals surface area (Å²) in [7, 11) is 0. The largest absolute Gasteiger partial charge is 0.342 e. The molecule has 15 heavy (non-hydrogen) atoms. The summed E-state index contributed by atoms with van der Waals surface area (Å²) in [6.45, 7) is 3.48. The van der Waals surface area contributed by atoms with Gasteiger partial charge in [0.2, 0.25) is 5.91 Å². The van der Waals surface area contributed by atoms with Gasteiger partial charge in [0.25, 0.3) is 0 Å². The van der Waals surface area contributed by atoms with Crippen LogP contribution in [0.15, 0.2) is 28.7 Å². The first-order valence-corrected chi connectivity index (χ1v) is 5.94. The number of likely N-dealkylation sites (tertiary alicyclic amines) is 1. The van der Waals surface area contributed by atoms with E-state index >= 15 is 0 Å². The smallest absolute Gasteiger partial charge is 0.219 e. The highest BCUT2D eigenvalue weighted by atomic mass is 79.9. The normalized spacial score (nSPS) is 16.3. The van der Waals surface area contributed by atoms with Crippen molar-refractivity contribution >= 4 is 21.8 Å². The molecule has 1 fully saturated rings. The van der Waals surface area contributed by atoms with E-state index < -0.39 is 0 Å². The average Bonchev–Trinajstić information content (AvgIpc) is 2.13. The summed E-state index contributed by atoms with van der Waals surface area (Å²) in [5.41, 5.74) is 1.35. The van der Waals surface area contributed by atoms with Crippen molar-refractivity contribution in [1.82, 2.24) is 4.90 Å². The van der Waals surface area contributed by atoms with E-state index in [1.54, 1.807) is 6.92 Å². The number of amides is 1. The molecule has 0 saturated carbocycles. The third-order valence-corrected chi connectivity index (χ3v) is 3.37. The highest BCUT2D eigenvalue weighted by Gasteiger charge is 2.28. The molecule has 0 spiro atoms. The Hall–Kier alpha value is -0.830. The molecule has 1 aliphatic heterocycles. The van der Waals surface area contributed by atoms with E-state index in [1.807, 2.05) is 4.90 Å². The predicted molar refractivity (Wildman–Crippen MR) is 63.6 cm³/mol. The van der Waals surface area contributed by atoms with E-state index in [1.165, 1.54) is 5.56 Å². The van der Waals surface area contributed by atoms with Crippen LogP contribution in [-0.4, -0.2) is 23.9 Å². The van der Waals surface area contributed by atoms with Gasteiger partial charge in [-0.1, -0.05) is 28.1 Å². The molecule has 1 saturated heterocycles. The summed E-state index contributed by atoms with van der Waals surface area (Å²) in [5, 5.41) is 0. The van der Waals surface area contributed by atoms with Crippen molar-refractivity contribution in [2.75, 3.05) is 13.1 Å². The Morgan fingerprint density at radius 1 is 1.40 bits per heavy atom. The van der Waals surface area contributed by atoms with Crippen molar-refractivity contribution in [3.63, 3.8) is 0 Å². The van der Waals surface area contributed by atoms with Crippen LogP contribution in [0, 0.1) is 5.92 Å². The van der Waals surface area contributed by atoms with Crippen LogP contribution in [0.4, 0.5) is 0 Å². The number of rotatable bonds is 2. The number of carbonyl (C=O) groups excluding carboxylic acids is 1. The van der Waals surface area contributed by atoms with Crippen LogP contribution in [-0.2, 0) is 11.2 Å². The fraction of sp³-hybridized carbons (Fsp3) is 0.417. The highest BCUT2D eigenvalue weighted by molar-refractivity contribution is 9.10. The minimum Gasteiger partial charge on any atom is -0.342 e. The quantitative estimate of drug-likeness (QED) is 0.806. The molecule has 1 amide bonds. The van der Waals surface area contributed by atoms with Gasteiger partial charge in [0.1, 0.15) is 0 Å². The Morgan fingerprint density at radius 3 is 2.53 bits per heavy atom. The zero-order chi connectivity index (χ0) is 10.8. The van der Waals surface area contributed by atoms with E-state index in [0.717, 1.165) is 24.0 Å². The Labute approximate surface area is 98.4 Å². The molecular formula is C12H14BrNO. The number of halogens is 1. The van der Waals surface area contributed by atoms with E-state index in [0.29, 0.717) is 5.92 Å². The van der Waals surface area contributed by atoms with Gasteiger partial charge in [-0.15, -0.1) is 0 Å².